The second kappa shape index (κ2) is 4.05. The van der Waals surface area contributed by atoms with E-state index in [0.29, 0.717) is 12.4 Å². The molecule has 1 N–H and O–H groups in total. The number of aromatic hydroxyl groups is 1. The van der Waals surface area contributed by atoms with E-state index in [1.807, 2.05) is 19.1 Å². The van der Waals surface area contributed by atoms with Crippen LogP contribution in [0.3, 0.4) is 0 Å². The summed E-state index contributed by atoms with van der Waals surface area (Å²) in [6.07, 6.45) is 0. The van der Waals surface area contributed by atoms with Crippen molar-refractivity contribution in [2.75, 3.05) is 6.61 Å². The Hall–Kier alpha value is -0.963. The molecule has 1 aromatic carbocycles. The Balaban J connectivity index is 3.07. The number of phenolic OH excluding ortho intramolecular Hbond substituents is 1. The second-order valence-electron chi connectivity index (χ2n) is 4.40. The van der Waals surface area contributed by atoms with Crippen molar-refractivity contribution in [2.45, 2.75) is 26.6 Å². The highest BCUT2D eigenvalue weighted by Crippen LogP contribution is 2.19. The van der Waals surface area contributed by atoms with Gasteiger partial charge in [0.25, 0.3) is 0 Å². The van der Waals surface area contributed by atoms with E-state index in [1.54, 1.807) is 6.07 Å². The van der Waals surface area contributed by atoms with Gasteiger partial charge in [0.1, 0.15) is 11.5 Å². The molecule has 0 amide bonds. The molecule has 3 heteroatoms. The van der Waals surface area contributed by atoms with Crippen LogP contribution in [0.4, 0.5) is 0 Å². The minimum atomic E-state index is -1.37. The Morgan fingerprint density at radius 1 is 1.21 bits per heavy atom. The zero-order chi connectivity index (χ0) is 10.8. The second-order valence-corrected chi connectivity index (χ2v) is 9.48. The van der Waals surface area contributed by atoms with Gasteiger partial charge in [-0.1, -0.05) is 24.8 Å². The van der Waals surface area contributed by atoms with Gasteiger partial charge in [-0.25, -0.2) is 0 Å². The molecule has 0 saturated heterocycles. The third kappa shape index (κ3) is 2.77. The summed E-state index contributed by atoms with van der Waals surface area (Å²) in [4.78, 5) is 0. The molecule has 0 aliphatic carbocycles. The molecule has 1 aromatic rings. The Kier molecular flexibility index (Phi) is 3.21. The number of rotatable bonds is 3. The first-order valence-electron chi connectivity index (χ1n) is 4.91. The first kappa shape index (κ1) is 11.1. The molecule has 0 heterocycles. The van der Waals surface area contributed by atoms with Gasteiger partial charge in [-0.3, -0.25) is 0 Å². The minimum Gasteiger partial charge on any atom is -0.508 e. The number of ether oxygens (including phenoxy) is 1. The highest BCUT2D eigenvalue weighted by atomic mass is 28.3. The molecule has 0 unspecified atom stereocenters. The summed E-state index contributed by atoms with van der Waals surface area (Å²) in [7, 11) is -1.37. The van der Waals surface area contributed by atoms with Gasteiger partial charge in [0.15, 0.2) is 0 Å². The average Bonchev–Trinajstić information content (AvgIpc) is 2.02. The van der Waals surface area contributed by atoms with E-state index in [9.17, 15) is 5.11 Å². The molecule has 0 fully saturated rings. The summed E-state index contributed by atoms with van der Waals surface area (Å²) in [5, 5.41) is 10.7. The van der Waals surface area contributed by atoms with Crippen molar-refractivity contribution in [3.8, 4) is 11.5 Å². The third-order valence-electron chi connectivity index (χ3n) is 2.07. The molecular formula is C11H18O2Si. The lowest BCUT2D eigenvalue weighted by molar-refractivity contribution is 0.338. The summed E-state index contributed by atoms with van der Waals surface area (Å²) >= 11 is 0. The van der Waals surface area contributed by atoms with Gasteiger partial charge in [0, 0.05) is 6.07 Å². The smallest absolute Gasteiger partial charge is 0.122 e. The molecule has 0 radical (unpaired) electrons. The summed E-state index contributed by atoms with van der Waals surface area (Å²) in [5.41, 5.74) is 0. The van der Waals surface area contributed by atoms with Gasteiger partial charge in [-0.2, -0.15) is 0 Å². The average molecular weight is 210 g/mol. The van der Waals surface area contributed by atoms with Crippen molar-refractivity contribution in [2.24, 2.45) is 0 Å². The predicted octanol–water partition coefficient (Wildman–Crippen LogP) is 2.34. The maximum absolute atomic E-state index is 9.53. The standard InChI is InChI=1S/C11H18O2Si/c1-5-13-10-6-9(12)7-11(8-10)14(2,3)4/h6-8,12H,5H2,1-4H3. The predicted molar refractivity (Wildman–Crippen MR) is 62.3 cm³/mol. The Labute approximate surface area is 86.5 Å². The van der Waals surface area contributed by atoms with Crippen LogP contribution in [-0.2, 0) is 0 Å². The lowest BCUT2D eigenvalue weighted by Crippen LogP contribution is -2.37. The highest BCUT2D eigenvalue weighted by Gasteiger charge is 2.17. The van der Waals surface area contributed by atoms with Gasteiger partial charge in [-0.05, 0) is 19.1 Å². The normalized spacial score (nSPS) is 11.4. The molecule has 0 bridgehead atoms. The molecule has 0 spiro atoms. The van der Waals surface area contributed by atoms with Crippen LogP contribution in [-0.4, -0.2) is 19.8 Å². The Morgan fingerprint density at radius 2 is 1.86 bits per heavy atom. The van der Waals surface area contributed by atoms with Gasteiger partial charge in [-0.15, -0.1) is 0 Å². The van der Waals surface area contributed by atoms with Crippen molar-refractivity contribution in [1.29, 1.82) is 0 Å². The number of hydrogen-bond donors (Lipinski definition) is 1. The Morgan fingerprint density at radius 3 is 2.36 bits per heavy atom. The topological polar surface area (TPSA) is 29.5 Å². The van der Waals surface area contributed by atoms with Crippen LogP contribution in [0, 0.1) is 0 Å². The van der Waals surface area contributed by atoms with Crippen LogP contribution in [0.25, 0.3) is 0 Å². The Bertz CT molecular complexity index is 316. The maximum Gasteiger partial charge on any atom is 0.122 e. The summed E-state index contributed by atoms with van der Waals surface area (Å²) in [6.45, 7) is 9.32. The summed E-state index contributed by atoms with van der Waals surface area (Å²) in [6, 6.07) is 5.54. The van der Waals surface area contributed by atoms with E-state index in [0.717, 1.165) is 5.75 Å². The molecule has 0 atom stereocenters. The molecule has 0 aromatic heterocycles. The summed E-state index contributed by atoms with van der Waals surface area (Å²) < 4.78 is 5.38. The lowest BCUT2D eigenvalue weighted by atomic mass is 10.3. The van der Waals surface area contributed by atoms with Gasteiger partial charge in [0.05, 0.1) is 14.7 Å². The monoisotopic (exact) mass is 210 g/mol. The number of benzene rings is 1. The number of phenols is 1. The zero-order valence-electron chi connectivity index (χ0n) is 9.29. The van der Waals surface area contributed by atoms with Crippen LogP contribution in [0.2, 0.25) is 19.6 Å². The van der Waals surface area contributed by atoms with Crippen molar-refractivity contribution in [3.05, 3.63) is 18.2 Å². The van der Waals surface area contributed by atoms with Crippen LogP contribution in [0.15, 0.2) is 18.2 Å². The maximum atomic E-state index is 9.53. The molecule has 1 rings (SSSR count). The van der Waals surface area contributed by atoms with Crippen molar-refractivity contribution < 1.29 is 9.84 Å². The van der Waals surface area contributed by atoms with E-state index < -0.39 is 8.07 Å². The molecule has 0 aliphatic heterocycles. The first-order valence-corrected chi connectivity index (χ1v) is 8.41. The SMILES string of the molecule is CCOc1cc(O)cc([Si](C)(C)C)c1. The largest absolute Gasteiger partial charge is 0.508 e. The van der Waals surface area contributed by atoms with E-state index >= 15 is 0 Å². The molecule has 0 aliphatic rings. The van der Waals surface area contributed by atoms with Gasteiger partial charge >= 0.3 is 0 Å². The molecule has 14 heavy (non-hydrogen) atoms. The first-order chi connectivity index (χ1) is 6.43. The molecular weight excluding hydrogens is 192 g/mol. The fourth-order valence-electron chi connectivity index (χ4n) is 1.27. The van der Waals surface area contributed by atoms with E-state index in [2.05, 4.69) is 19.6 Å². The van der Waals surface area contributed by atoms with Crippen molar-refractivity contribution >= 4 is 13.3 Å². The quantitative estimate of drug-likeness (QED) is 0.776. The minimum absolute atomic E-state index is 0.299. The van der Waals surface area contributed by atoms with E-state index in [1.165, 1.54) is 5.19 Å². The fourth-order valence-corrected chi connectivity index (χ4v) is 2.42. The molecule has 2 nitrogen and oxygen atoms in total. The van der Waals surface area contributed by atoms with Gasteiger partial charge in [0.2, 0.25) is 0 Å². The van der Waals surface area contributed by atoms with Gasteiger partial charge < -0.3 is 9.84 Å². The lowest BCUT2D eigenvalue weighted by Gasteiger charge is -2.18. The van der Waals surface area contributed by atoms with E-state index in [4.69, 9.17) is 4.74 Å². The third-order valence-corrected chi connectivity index (χ3v) is 4.09. The number of hydrogen-bond acceptors (Lipinski definition) is 2. The van der Waals surface area contributed by atoms with Crippen molar-refractivity contribution in [3.63, 3.8) is 0 Å². The van der Waals surface area contributed by atoms with Crippen LogP contribution < -0.4 is 9.92 Å². The van der Waals surface area contributed by atoms with Crippen LogP contribution in [0.5, 0.6) is 11.5 Å². The zero-order valence-corrected chi connectivity index (χ0v) is 10.3. The fraction of sp³-hybridized carbons (Fsp3) is 0.455. The molecule has 0 saturated carbocycles. The van der Waals surface area contributed by atoms with Crippen LogP contribution in [0.1, 0.15) is 6.92 Å². The van der Waals surface area contributed by atoms with Crippen molar-refractivity contribution in [1.82, 2.24) is 0 Å². The summed E-state index contributed by atoms with van der Waals surface area (Å²) in [5.74, 6) is 1.07. The highest BCUT2D eigenvalue weighted by molar-refractivity contribution is 6.88. The molecule has 78 valence electrons. The van der Waals surface area contributed by atoms with Crippen LogP contribution >= 0.6 is 0 Å². The van der Waals surface area contributed by atoms with E-state index in [-0.39, 0.29) is 0 Å².